The van der Waals surface area contributed by atoms with Crippen LogP contribution in [0.5, 0.6) is 0 Å². The molecule has 3 aromatic rings. The Hall–Kier alpha value is -2.62. The van der Waals surface area contributed by atoms with Gasteiger partial charge in [0.05, 0.1) is 23.7 Å². The average Bonchev–Trinajstić information content (AvgIpc) is 3.13. The summed E-state index contributed by atoms with van der Waals surface area (Å²) in [6.45, 7) is -0.320. The van der Waals surface area contributed by atoms with E-state index in [0.717, 1.165) is 4.31 Å². The molecule has 0 spiro atoms. The second-order valence-electron chi connectivity index (χ2n) is 5.70. The highest BCUT2D eigenvalue weighted by molar-refractivity contribution is 7.89. The lowest BCUT2D eigenvalue weighted by molar-refractivity contribution is 0.0934. The first-order valence-electron chi connectivity index (χ1n) is 7.57. The third-order valence-electron chi connectivity index (χ3n) is 4.15. The molecule has 4 rings (SSSR count). The molecule has 26 heavy (non-hydrogen) atoms. The summed E-state index contributed by atoms with van der Waals surface area (Å²) >= 11 is 5.86. The van der Waals surface area contributed by atoms with Gasteiger partial charge in [-0.05, 0) is 24.3 Å². The summed E-state index contributed by atoms with van der Waals surface area (Å²) in [4.78, 5) is 20.4. The predicted molar refractivity (Wildman–Crippen MR) is 92.1 cm³/mol. The van der Waals surface area contributed by atoms with Crippen molar-refractivity contribution in [2.75, 3.05) is 6.54 Å². The molecule has 3 heterocycles. The van der Waals surface area contributed by atoms with E-state index < -0.39 is 16.1 Å². The number of Topliss-reactive ketones (excluding diaryl/α,β-unsaturated/α-hetero) is 1. The molecule has 1 aromatic carbocycles. The van der Waals surface area contributed by atoms with Crippen LogP contribution in [-0.2, 0) is 10.0 Å². The molecule has 8 nitrogen and oxygen atoms in total. The minimum atomic E-state index is -3.97. The molecular weight excluding hydrogens is 378 g/mol. The molecule has 0 fully saturated rings. The Kier molecular flexibility index (Phi) is 4.06. The molecular formula is C16H12ClN5O3S. The fraction of sp³-hybridized carbons (Fsp3) is 0.125. The number of sulfonamides is 1. The molecule has 10 heteroatoms. The molecule has 132 valence electrons. The number of carbonyl (C=O) groups is 1. The largest absolute Gasteiger partial charge is 0.291 e. The van der Waals surface area contributed by atoms with Gasteiger partial charge in [0, 0.05) is 28.5 Å². The van der Waals surface area contributed by atoms with Crippen molar-refractivity contribution in [1.82, 2.24) is 24.5 Å². The smallest absolute Gasteiger partial charge is 0.244 e. The monoisotopic (exact) mass is 389 g/mol. The van der Waals surface area contributed by atoms with E-state index in [1.54, 1.807) is 0 Å². The second kappa shape index (κ2) is 6.27. The molecule has 1 aliphatic rings. The topological polar surface area (TPSA) is 109 Å². The Morgan fingerprint density at radius 1 is 1.12 bits per heavy atom. The number of hydrogen-bond donors (Lipinski definition) is 1. The first-order valence-corrected chi connectivity index (χ1v) is 9.39. The van der Waals surface area contributed by atoms with E-state index in [4.69, 9.17) is 11.6 Å². The summed E-state index contributed by atoms with van der Waals surface area (Å²) in [5, 5.41) is 6.97. The number of aromatic nitrogens is 4. The number of fused-ring (bicyclic) bond motifs is 1. The number of H-pyrrole nitrogens is 1. The third-order valence-corrected chi connectivity index (χ3v) is 6.22. The van der Waals surface area contributed by atoms with Crippen LogP contribution in [0.4, 0.5) is 0 Å². The van der Waals surface area contributed by atoms with E-state index in [1.165, 1.54) is 49.2 Å². The fourth-order valence-corrected chi connectivity index (χ4v) is 4.63. The highest BCUT2D eigenvalue weighted by atomic mass is 35.5. The van der Waals surface area contributed by atoms with Gasteiger partial charge >= 0.3 is 0 Å². The van der Waals surface area contributed by atoms with Gasteiger partial charge in [0.2, 0.25) is 10.0 Å². The molecule has 0 saturated heterocycles. The summed E-state index contributed by atoms with van der Waals surface area (Å²) < 4.78 is 27.6. The highest BCUT2D eigenvalue weighted by Crippen LogP contribution is 2.37. The normalized spacial score (nSPS) is 17.9. The maximum absolute atomic E-state index is 13.2. The van der Waals surface area contributed by atoms with Crippen LogP contribution in [0.15, 0.2) is 54.1 Å². The molecule has 1 atom stereocenters. The first kappa shape index (κ1) is 16.8. The minimum absolute atomic E-state index is 0.0449. The molecule has 2 aromatic heterocycles. The molecule has 1 unspecified atom stereocenters. The third kappa shape index (κ3) is 2.70. The van der Waals surface area contributed by atoms with Gasteiger partial charge < -0.3 is 0 Å². The van der Waals surface area contributed by atoms with E-state index >= 15 is 0 Å². The number of halogens is 1. The van der Waals surface area contributed by atoms with Crippen molar-refractivity contribution in [3.63, 3.8) is 0 Å². The molecule has 0 bridgehead atoms. The lowest BCUT2D eigenvalue weighted by atomic mass is 9.96. The zero-order chi connectivity index (χ0) is 18.3. The lowest BCUT2D eigenvalue weighted by Gasteiger charge is -2.33. The Bertz CT molecular complexity index is 1070. The lowest BCUT2D eigenvalue weighted by Crippen LogP contribution is -2.43. The van der Waals surface area contributed by atoms with Crippen LogP contribution in [0.2, 0.25) is 5.02 Å². The van der Waals surface area contributed by atoms with Gasteiger partial charge in [-0.3, -0.25) is 9.89 Å². The van der Waals surface area contributed by atoms with E-state index in [9.17, 15) is 13.2 Å². The fourth-order valence-electron chi connectivity index (χ4n) is 2.96. The second-order valence-corrected chi connectivity index (χ2v) is 8.03. The summed E-state index contributed by atoms with van der Waals surface area (Å²) in [6.07, 6.45) is 5.85. The molecule has 0 saturated carbocycles. The van der Waals surface area contributed by atoms with Crippen LogP contribution in [-0.4, -0.2) is 45.2 Å². The summed E-state index contributed by atoms with van der Waals surface area (Å²) in [7, 11) is -3.97. The van der Waals surface area contributed by atoms with Crippen molar-refractivity contribution < 1.29 is 13.2 Å². The van der Waals surface area contributed by atoms with E-state index in [1.807, 2.05) is 0 Å². The average molecular weight is 390 g/mol. The molecule has 0 amide bonds. The number of nitrogens with zero attached hydrogens (tertiary/aromatic N) is 4. The number of aromatic amines is 1. The first-order chi connectivity index (χ1) is 12.5. The molecule has 1 aliphatic heterocycles. The number of nitrogens with one attached hydrogen (secondary N) is 1. The van der Waals surface area contributed by atoms with E-state index in [-0.39, 0.29) is 17.2 Å². The Labute approximate surface area is 153 Å². The summed E-state index contributed by atoms with van der Waals surface area (Å²) in [5.41, 5.74) is 1.30. The van der Waals surface area contributed by atoms with Crippen LogP contribution in [0.3, 0.4) is 0 Å². The van der Waals surface area contributed by atoms with Gasteiger partial charge in [0.1, 0.15) is 12.0 Å². The highest BCUT2D eigenvalue weighted by Gasteiger charge is 2.42. The molecule has 1 N–H and O–H groups in total. The van der Waals surface area contributed by atoms with Crippen molar-refractivity contribution in [3.05, 3.63) is 71.0 Å². The van der Waals surface area contributed by atoms with Crippen LogP contribution in [0, 0.1) is 0 Å². The quantitative estimate of drug-likeness (QED) is 0.731. The SMILES string of the molecule is O=C1CN(S(=O)(=O)c2ccc(Cl)cc2)C(c2cncnc2)c2cn[nH]c21. The van der Waals surface area contributed by atoms with Crippen molar-refractivity contribution >= 4 is 27.4 Å². The van der Waals surface area contributed by atoms with Gasteiger partial charge in [0.15, 0.2) is 5.78 Å². The predicted octanol–water partition coefficient (Wildman–Crippen LogP) is 1.83. The zero-order valence-corrected chi connectivity index (χ0v) is 14.8. The van der Waals surface area contributed by atoms with Gasteiger partial charge in [-0.25, -0.2) is 18.4 Å². The number of rotatable bonds is 3. The van der Waals surface area contributed by atoms with Gasteiger partial charge in [-0.2, -0.15) is 9.40 Å². The van der Waals surface area contributed by atoms with Crippen LogP contribution in [0.25, 0.3) is 0 Å². The van der Waals surface area contributed by atoms with Gasteiger partial charge in [-0.15, -0.1) is 0 Å². The van der Waals surface area contributed by atoms with Crippen molar-refractivity contribution in [2.45, 2.75) is 10.9 Å². The molecule has 0 aliphatic carbocycles. The Morgan fingerprint density at radius 2 is 1.81 bits per heavy atom. The summed E-state index contributed by atoms with van der Waals surface area (Å²) in [6, 6.07) is 5.04. The maximum Gasteiger partial charge on any atom is 0.244 e. The number of benzene rings is 1. The number of ketones is 1. The van der Waals surface area contributed by atoms with E-state index in [2.05, 4.69) is 20.2 Å². The number of hydrogen-bond acceptors (Lipinski definition) is 6. The van der Waals surface area contributed by atoms with Crippen LogP contribution in [0.1, 0.15) is 27.7 Å². The minimum Gasteiger partial charge on any atom is -0.291 e. The molecule has 0 radical (unpaired) electrons. The Morgan fingerprint density at radius 3 is 2.50 bits per heavy atom. The van der Waals surface area contributed by atoms with Crippen LogP contribution >= 0.6 is 11.6 Å². The maximum atomic E-state index is 13.2. The van der Waals surface area contributed by atoms with Gasteiger partial charge in [0.25, 0.3) is 0 Å². The summed E-state index contributed by atoms with van der Waals surface area (Å²) in [5.74, 6) is -0.358. The zero-order valence-electron chi connectivity index (χ0n) is 13.2. The number of carbonyl (C=O) groups excluding carboxylic acids is 1. The van der Waals surface area contributed by atoms with Crippen LogP contribution < -0.4 is 0 Å². The van der Waals surface area contributed by atoms with Gasteiger partial charge in [-0.1, -0.05) is 11.6 Å². The van der Waals surface area contributed by atoms with Crippen molar-refractivity contribution in [2.24, 2.45) is 0 Å². The van der Waals surface area contributed by atoms with E-state index in [0.29, 0.717) is 21.8 Å². The van der Waals surface area contributed by atoms with Crippen molar-refractivity contribution in [1.29, 1.82) is 0 Å². The van der Waals surface area contributed by atoms with Crippen molar-refractivity contribution in [3.8, 4) is 0 Å². The Balaban J connectivity index is 1.88. The standard InChI is InChI=1S/C16H12ClN5O3S/c17-11-1-3-12(4-2-11)26(24,25)22-8-14(23)15-13(7-20-21-15)16(22)10-5-18-9-19-6-10/h1-7,9,16H,8H2,(H,20,21).